The quantitative estimate of drug-likeness (QED) is 0.351. The minimum absolute atomic E-state index is 0.0845. The molecule has 26 heavy (non-hydrogen) atoms. The van der Waals surface area contributed by atoms with Crippen molar-refractivity contribution in [3.05, 3.63) is 23.8 Å². The van der Waals surface area contributed by atoms with Gasteiger partial charge in [-0.25, -0.2) is 0 Å². The lowest BCUT2D eigenvalue weighted by molar-refractivity contribution is -0.137. The van der Waals surface area contributed by atoms with Crippen LogP contribution in [0.3, 0.4) is 0 Å². The lowest BCUT2D eigenvalue weighted by atomic mass is 9.89. The van der Waals surface area contributed by atoms with Crippen molar-refractivity contribution in [1.29, 1.82) is 0 Å². The monoisotopic (exact) mass is 360 g/mol. The molecular formula is C22H32O4. The molecular weight excluding hydrogens is 328 g/mol. The molecule has 0 amide bonds. The number of hydrogen-bond acceptors (Lipinski definition) is 3. The van der Waals surface area contributed by atoms with Gasteiger partial charge in [-0.15, -0.1) is 11.8 Å². The first-order valence-corrected chi connectivity index (χ1v) is 9.76. The predicted molar refractivity (Wildman–Crippen MR) is 102 cm³/mol. The molecule has 4 heteroatoms. The van der Waals surface area contributed by atoms with Gasteiger partial charge in [-0.2, -0.15) is 0 Å². The van der Waals surface area contributed by atoms with Crippen molar-refractivity contribution < 1.29 is 20.1 Å². The SMILES string of the molecule is CC#CC[C@@H](C)[C@H](O)C=C[C@@H]1[C@H]2CC(=CCCCC(=O)O)C[C@H]2C[C@H]1O. The highest BCUT2D eigenvalue weighted by Crippen LogP contribution is 2.50. The number of hydrogen-bond donors (Lipinski definition) is 3. The second kappa shape index (κ2) is 9.94. The van der Waals surface area contributed by atoms with Crippen LogP contribution in [0.4, 0.5) is 0 Å². The van der Waals surface area contributed by atoms with Crippen molar-refractivity contribution in [2.45, 2.75) is 71.0 Å². The maximum absolute atomic E-state index is 10.6. The van der Waals surface area contributed by atoms with Crippen molar-refractivity contribution in [3.63, 3.8) is 0 Å². The third-order valence-electron chi connectivity index (χ3n) is 5.85. The molecule has 0 aromatic carbocycles. The van der Waals surface area contributed by atoms with Crippen LogP contribution in [0.25, 0.3) is 0 Å². The van der Waals surface area contributed by atoms with Crippen molar-refractivity contribution >= 4 is 5.97 Å². The van der Waals surface area contributed by atoms with E-state index in [2.05, 4.69) is 17.9 Å². The summed E-state index contributed by atoms with van der Waals surface area (Å²) in [5.41, 5.74) is 1.41. The Morgan fingerprint density at radius 3 is 2.85 bits per heavy atom. The molecule has 3 N–H and O–H groups in total. The number of aliphatic carboxylic acids is 1. The fraction of sp³-hybridized carbons (Fsp3) is 0.682. The fourth-order valence-corrected chi connectivity index (χ4v) is 4.31. The van der Waals surface area contributed by atoms with Gasteiger partial charge in [0.1, 0.15) is 0 Å². The fourth-order valence-electron chi connectivity index (χ4n) is 4.31. The van der Waals surface area contributed by atoms with Gasteiger partial charge in [0, 0.05) is 18.8 Å². The van der Waals surface area contributed by atoms with Gasteiger partial charge >= 0.3 is 5.97 Å². The zero-order chi connectivity index (χ0) is 19.1. The van der Waals surface area contributed by atoms with E-state index in [0.29, 0.717) is 24.7 Å². The predicted octanol–water partition coefficient (Wildman–Crippen LogP) is 3.54. The van der Waals surface area contributed by atoms with Gasteiger partial charge < -0.3 is 15.3 Å². The molecule has 0 spiro atoms. The summed E-state index contributed by atoms with van der Waals surface area (Å²) in [6.07, 6.45) is 10.4. The Morgan fingerprint density at radius 2 is 2.15 bits per heavy atom. The number of aliphatic hydroxyl groups is 2. The summed E-state index contributed by atoms with van der Waals surface area (Å²) in [6, 6.07) is 0. The molecule has 2 saturated carbocycles. The first-order chi connectivity index (χ1) is 12.4. The van der Waals surface area contributed by atoms with E-state index >= 15 is 0 Å². The topological polar surface area (TPSA) is 77.8 Å². The average molecular weight is 360 g/mol. The second-order valence-electron chi connectivity index (χ2n) is 7.84. The number of aliphatic hydroxyl groups excluding tert-OH is 2. The summed E-state index contributed by atoms with van der Waals surface area (Å²) in [7, 11) is 0. The van der Waals surface area contributed by atoms with E-state index in [-0.39, 0.29) is 24.4 Å². The Morgan fingerprint density at radius 1 is 1.38 bits per heavy atom. The number of carbonyl (C=O) groups is 1. The summed E-state index contributed by atoms with van der Waals surface area (Å²) in [5.74, 6) is 6.25. The van der Waals surface area contributed by atoms with Crippen LogP contribution in [-0.4, -0.2) is 33.5 Å². The molecule has 2 fully saturated rings. The highest BCUT2D eigenvalue weighted by Gasteiger charge is 2.44. The van der Waals surface area contributed by atoms with Gasteiger partial charge in [0.2, 0.25) is 0 Å². The van der Waals surface area contributed by atoms with Crippen LogP contribution in [0.15, 0.2) is 23.8 Å². The number of unbranched alkanes of at least 4 members (excludes halogenated alkanes) is 1. The van der Waals surface area contributed by atoms with Crippen LogP contribution < -0.4 is 0 Å². The highest BCUT2D eigenvalue weighted by atomic mass is 16.4. The smallest absolute Gasteiger partial charge is 0.303 e. The normalized spacial score (nSPS) is 31.6. The molecule has 2 aliphatic rings. The molecule has 0 unspecified atom stereocenters. The Hall–Kier alpha value is -1.57. The van der Waals surface area contributed by atoms with E-state index in [1.165, 1.54) is 5.57 Å². The van der Waals surface area contributed by atoms with E-state index in [0.717, 1.165) is 25.7 Å². The van der Waals surface area contributed by atoms with Crippen LogP contribution in [-0.2, 0) is 4.79 Å². The molecule has 0 aromatic rings. The number of carboxylic acid groups (broad SMARTS) is 1. The Labute approximate surface area is 157 Å². The second-order valence-corrected chi connectivity index (χ2v) is 7.84. The van der Waals surface area contributed by atoms with Crippen LogP contribution in [0, 0.1) is 35.5 Å². The molecule has 0 radical (unpaired) electrons. The Kier molecular flexibility index (Phi) is 7.93. The minimum atomic E-state index is -0.738. The first-order valence-electron chi connectivity index (χ1n) is 9.76. The zero-order valence-electron chi connectivity index (χ0n) is 15.9. The van der Waals surface area contributed by atoms with Gasteiger partial charge in [-0.1, -0.05) is 30.7 Å². The van der Waals surface area contributed by atoms with Crippen molar-refractivity contribution in [2.75, 3.05) is 0 Å². The van der Waals surface area contributed by atoms with Crippen LogP contribution in [0.1, 0.15) is 58.8 Å². The number of fused-ring (bicyclic) bond motifs is 1. The molecule has 2 rings (SSSR count). The maximum Gasteiger partial charge on any atom is 0.303 e. The van der Waals surface area contributed by atoms with E-state index < -0.39 is 12.1 Å². The summed E-state index contributed by atoms with van der Waals surface area (Å²) in [5, 5.41) is 29.4. The van der Waals surface area contributed by atoms with Gasteiger partial charge in [0.05, 0.1) is 12.2 Å². The highest BCUT2D eigenvalue weighted by molar-refractivity contribution is 5.66. The standard InChI is InChI=1S/C22H32O4/c1-3-4-7-15(2)20(23)11-10-18-19-13-16(8-5-6-9-22(25)26)12-17(19)14-21(18)24/h8,10-11,15,17-21,23-24H,5-7,9,12-14H2,1-2H3,(H,25,26)/t15-,17+,18-,19+,20-,21-/m1/s1. The maximum atomic E-state index is 10.6. The largest absolute Gasteiger partial charge is 0.481 e. The van der Waals surface area contributed by atoms with E-state index in [9.17, 15) is 15.0 Å². The van der Waals surface area contributed by atoms with E-state index in [1.807, 2.05) is 19.1 Å². The number of allylic oxidation sites excluding steroid dienone is 2. The van der Waals surface area contributed by atoms with E-state index in [1.54, 1.807) is 6.92 Å². The summed E-state index contributed by atoms with van der Waals surface area (Å²) >= 11 is 0. The van der Waals surface area contributed by atoms with Crippen molar-refractivity contribution in [2.24, 2.45) is 23.7 Å². The van der Waals surface area contributed by atoms with Crippen molar-refractivity contribution in [1.82, 2.24) is 0 Å². The van der Waals surface area contributed by atoms with Crippen LogP contribution >= 0.6 is 0 Å². The van der Waals surface area contributed by atoms with Gasteiger partial charge in [0.25, 0.3) is 0 Å². The zero-order valence-corrected chi connectivity index (χ0v) is 15.9. The lowest BCUT2D eigenvalue weighted by Gasteiger charge is -2.19. The van der Waals surface area contributed by atoms with Crippen LogP contribution in [0.5, 0.6) is 0 Å². The minimum Gasteiger partial charge on any atom is -0.481 e. The summed E-state index contributed by atoms with van der Waals surface area (Å²) < 4.78 is 0. The van der Waals surface area contributed by atoms with Crippen molar-refractivity contribution in [3.8, 4) is 11.8 Å². The molecule has 6 atom stereocenters. The molecule has 0 heterocycles. The summed E-state index contributed by atoms with van der Waals surface area (Å²) in [6.45, 7) is 3.79. The molecule has 0 aliphatic heterocycles. The Balaban J connectivity index is 1.89. The third-order valence-corrected chi connectivity index (χ3v) is 5.85. The van der Waals surface area contributed by atoms with E-state index in [4.69, 9.17) is 5.11 Å². The first kappa shape index (κ1) is 20.7. The summed E-state index contributed by atoms with van der Waals surface area (Å²) in [4.78, 5) is 10.6. The number of rotatable bonds is 8. The third kappa shape index (κ3) is 5.72. The van der Waals surface area contributed by atoms with Gasteiger partial charge in [-0.05, 0) is 56.8 Å². The number of carboxylic acids is 1. The van der Waals surface area contributed by atoms with Crippen LogP contribution in [0.2, 0.25) is 0 Å². The molecule has 4 nitrogen and oxygen atoms in total. The Bertz CT molecular complexity index is 595. The molecule has 0 saturated heterocycles. The van der Waals surface area contributed by atoms with Gasteiger partial charge in [-0.3, -0.25) is 4.79 Å². The molecule has 144 valence electrons. The molecule has 2 aliphatic carbocycles. The molecule has 0 bridgehead atoms. The molecule has 0 aromatic heterocycles. The average Bonchev–Trinajstić information content (AvgIpc) is 3.10. The van der Waals surface area contributed by atoms with Gasteiger partial charge in [0.15, 0.2) is 0 Å². The lowest BCUT2D eigenvalue weighted by Crippen LogP contribution is -2.19.